The van der Waals surface area contributed by atoms with Gasteiger partial charge in [0, 0.05) is 23.8 Å². The van der Waals surface area contributed by atoms with Crippen molar-refractivity contribution in [2.45, 2.75) is 12.5 Å². The zero-order valence-corrected chi connectivity index (χ0v) is 9.71. The number of aldehydes is 1. The molecule has 1 aromatic carbocycles. The highest BCUT2D eigenvalue weighted by atomic mass is 16.1. The Bertz CT molecular complexity index is 660. The van der Waals surface area contributed by atoms with E-state index < -0.39 is 0 Å². The summed E-state index contributed by atoms with van der Waals surface area (Å²) >= 11 is 0. The number of pyridine rings is 1. The third-order valence-corrected chi connectivity index (χ3v) is 3.41. The lowest BCUT2D eigenvalue weighted by molar-refractivity contribution is -0.109. The van der Waals surface area contributed by atoms with Gasteiger partial charge in [0.25, 0.3) is 0 Å². The molecule has 1 unspecified atom stereocenters. The van der Waals surface area contributed by atoms with Crippen molar-refractivity contribution in [2.75, 3.05) is 11.4 Å². The molecule has 0 spiro atoms. The molecule has 0 aliphatic carbocycles. The van der Waals surface area contributed by atoms with E-state index in [0.29, 0.717) is 5.69 Å². The maximum Gasteiger partial charge on any atom is 0.148 e. The first-order chi connectivity index (χ1) is 8.83. The third-order valence-electron chi connectivity index (χ3n) is 3.41. The summed E-state index contributed by atoms with van der Waals surface area (Å²) in [4.78, 5) is 16.9. The molecule has 0 bridgehead atoms. The van der Waals surface area contributed by atoms with Crippen molar-refractivity contribution in [2.24, 2.45) is 0 Å². The van der Waals surface area contributed by atoms with Gasteiger partial charge in [0.05, 0.1) is 6.04 Å². The van der Waals surface area contributed by atoms with Crippen LogP contribution in [0.15, 0.2) is 30.5 Å². The molecule has 1 fully saturated rings. The number of anilines is 1. The molecule has 88 valence electrons. The van der Waals surface area contributed by atoms with Gasteiger partial charge in [-0.05, 0) is 36.1 Å². The second kappa shape index (κ2) is 4.11. The smallest absolute Gasteiger partial charge is 0.148 e. The number of carbonyl (C=O) groups is 1. The second-order valence-corrected chi connectivity index (χ2v) is 4.36. The van der Waals surface area contributed by atoms with E-state index in [2.05, 4.69) is 16.0 Å². The van der Waals surface area contributed by atoms with Crippen LogP contribution in [0.5, 0.6) is 0 Å². The molecular formula is C14H11N3O. The quantitative estimate of drug-likeness (QED) is 0.748. The number of rotatable bonds is 2. The average molecular weight is 237 g/mol. The van der Waals surface area contributed by atoms with Crippen molar-refractivity contribution in [3.8, 4) is 6.07 Å². The molecule has 18 heavy (non-hydrogen) atoms. The Morgan fingerprint density at radius 2 is 2.33 bits per heavy atom. The van der Waals surface area contributed by atoms with E-state index in [1.807, 2.05) is 24.3 Å². The highest BCUT2D eigenvalue weighted by molar-refractivity contribution is 5.89. The van der Waals surface area contributed by atoms with E-state index in [1.54, 1.807) is 6.20 Å². The fourth-order valence-electron chi connectivity index (χ4n) is 2.30. The predicted molar refractivity (Wildman–Crippen MR) is 68.3 cm³/mol. The molecule has 4 nitrogen and oxygen atoms in total. The summed E-state index contributed by atoms with van der Waals surface area (Å²) in [6.45, 7) is 0.908. The number of fused-ring (bicyclic) bond motifs is 1. The third kappa shape index (κ3) is 1.52. The van der Waals surface area contributed by atoms with Crippen molar-refractivity contribution in [1.82, 2.24) is 4.98 Å². The van der Waals surface area contributed by atoms with Crippen LogP contribution in [-0.4, -0.2) is 23.9 Å². The van der Waals surface area contributed by atoms with Crippen LogP contribution in [0.3, 0.4) is 0 Å². The van der Waals surface area contributed by atoms with E-state index in [-0.39, 0.29) is 6.04 Å². The second-order valence-electron chi connectivity index (χ2n) is 4.36. The standard InChI is InChI=1S/C14H11N3O/c15-8-14-13-2-1-11(7-10(13)3-5-16-14)17-6-4-12(17)9-18/h1-3,5,7,9,12H,4,6H2. The predicted octanol–water partition coefficient (Wildman–Crippen LogP) is 1.88. The van der Waals surface area contributed by atoms with Gasteiger partial charge < -0.3 is 9.69 Å². The Kier molecular flexibility index (Phi) is 2.45. The average Bonchev–Trinajstić information content (AvgIpc) is 2.37. The highest BCUT2D eigenvalue weighted by Crippen LogP contribution is 2.29. The van der Waals surface area contributed by atoms with Crippen LogP contribution in [0.2, 0.25) is 0 Å². The summed E-state index contributed by atoms with van der Waals surface area (Å²) in [7, 11) is 0. The molecule has 0 saturated carbocycles. The highest BCUT2D eigenvalue weighted by Gasteiger charge is 2.27. The van der Waals surface area contributed by atoms with Crippen LogP contribution in [0.4, 0.5) is 5.69 Å². The SMILES string of the molecule is N#Cc1nccc2cc(N3CCC3C=O)ccc12. The molecule has 0 N–H and O–H groups in total. The van der Waals surface area contributed by atoms with Crippen LogP contribution in [0.1, 0.15) is 12.1 Å². The van der Waals surface area contributed by atoms with E-state index >= 15 is 0 Å². The zero-order valence-electron chi connectivity index (χ0n) is 9.71. The first-order valence-electron chi connectivity index (χ1n) is 5.84. The summed E-state index contributed by atoms with van der Waals surface area (Å²) in [6.07, 6.45) is 3.54. The van der Waals surface area contributed by atoms with Crippen molar-refractivity contribution in [3.63, 3.8) is 0 Å². The molecule has 1 aliphatic rings. The van der Waals surface area contributed by atoms with Crippen molar-refractivity contribution >= 4 is 22.7 Å². The molecule has 1 atom stereocenters. The Balaban J connectivity index is 2.07. The van der Waals surface area contributed by atoms with E-state index in [4.69, 9.17) is 5.26 Å². The molecule has 2 aromatic rings. The van der Waals surface area contributed by atoms with Gasteiger partial charge >= 0.3 is 0 Å². The molecule has 1 saturated heterocycles. The Hall–Kier alpha value is -2.41. The van der Waals surface area contributed by atoms with Gasteiger partial charge in [-0.1, -0.05) is 0 Å². The number of benzene rings is 1. The number of hydrogen-bond donors (Lipinski definition) is 0. The minimum absolute atomic E-state index is 0.000255. The van der Waals surface area contributed by atoms with Gasteiger partial charge in [0.2, 0.25) is 0 Å². The Morgan fingerprint density at radius 3 is 3.00 bits per heavy atom. The Morgan fingerprint density at radius 1 is 1.44 bits per heavy atom. The first kappa shape index (κ1) is 10.7. The molecule has 0 radical (unpaired) electrons. The monoisotopic (exact) mass is 237 g/mol. The molecule has 2 heterocycles. The number of nitrogens with zero attached hydrogens (tertiary/aromatic N) is 3. The van der Waals surface area contributed by atoms with Gasteiger partial charge in [-0.25, -0.2) is 4.98 Å². The van der Waals surface area contributed by atoms with Crippen molar-refractivity contribution in [1.29, 1.82) is 5.26 Å². The number of nitriles is 1. The topological polar surface area (TPSA) is 57.0 Å². The van der Waals surface area contributed by atoms with Crippen LogP contribution >= 0.6 is 0 Å². The fourth-order valence-corrected chi connectivity index (χ4v) is 2.30. The van der Waals surface area contributed by atoms with Gasteiger partial charge in [-0.15, -0.1) is 0 Å². The fraction of sp³-hybridized carbons (Fsp3) is 0.214. The van der Waals surface area contributed by atoms with Crippen LogP contribution in [0, 0.1) is 11.3 Å². The molecule has 0 amide bonds. The lowest BCUT2D eigenvalue weighted by Gasteiger charge is -2.39. The summed E-state index contributed by atoms with van der Waals surface area (Å²) in [5, 5.41) is 10.8. The molecule has 1 aromatic heterocycles. The normalized spacial score (nSPS) is 18.2. The van der Waals surface area contributed by atoms with E-state index in [9.17, 15) is 4.79 Å². The molecule has 3 rings (SSSR count). The first-order valence-corrected chi connectivity index (χ1v) is 5.84. The van der Waals surface area contributed by atoms with Crippen LogP contribution in [0.25, 0.3) is 10.8 Å². The summed E-state index contributed by atoms with van der Waals surface area (Å²) < 4.78 is 0. The van der Waals surface area contributed by atoms with Gasteiger partial charge in [0.1, 0.15) is 18.0 Å². The van der Waals surface area contributed by atoms with Crippen LogP contribution < -0.4 is 4.90 Å². The van der Waals surface area contributed by atoms with E-state index in [0.717, 1.165) is 35.7 Å². The van der Waals surface area contributed by atoms with Crippen molar-refractivity contribution in [3.05, 3.63) is 36.2 Å². The van der Waals surface area contributed by atoms with Crippen LogP contribution in [-0.2, 0) is 4.79 Å². The number of hydrogen-bond acceptors (Lipinski definition) is 4. The number of aromatic nitrogens is 1. The molecule has 1 aliphatic heterocycles. The van der Waals surface area contributed by atoms with Crippen molar-refractivity contribution < 1.29 is 4.79 Å². The lowest BCUT2D eigenvalue weighted by atomic mass is 10.0. The van der Waals surface area contributed by atoms with E-state index in [1.165, 1.54) is 0 Å². The molecular weight excluding hydrogens is 226 g/mol. The summed E-state index contributed by atoms with van der Waals surface area (Å²) in [5.74, 6) is 0. The maximum atomic E-state index is 10.8. The summed E-state index contributed by atoms with van der Waals surface area (Å²) in [5.41, 5.74) is 1.47. The zero-order chi connectivity index (χ0) is 12.5. The minimum Gasteiger partial charge on any atom is -0.362 e. The van der Waals surface area contributed by atoms with Gasteiger partial charge in [0.15, 0.2) is 0 Å². The lowest BCUT2D eigenvalue weighted by Crippen LogP contribution is -2.48. The largest absolute Gasteiger partial charge is 0.362 e. The minimum atomic E-state index is -0.000255. The number of carbonyl (C=O) groups excluding carboxylic acids is 1. The van der Waals surface area contributed by atoms with Gasteiger partial charge in [-0.3, -0.25) is 0 Å². The molecule has 4 heteroatoms. The maximum absolute atomic E-state index is 10.8. The van der Waals surface area contributed by atoms with Gasteiger partial charge in [-0.2, -0.15) is 5.26 Å². The Labute approximate surface area is 104 Å². The summed E-state index contributed by atoms with van der Waals surface area (Å²) in [6, 6.07) is 9.82.